The molecule has 0 aromatic heterocycles. The van der Waals surface area contributed by atoms with Gasteiger partial charge in [-0.05, 0) is 98.7 Å². The van der Waals surface area contributed by atoms with Crippen molar-refractivity contribution in [2.45, 2.75) is 26.6 Å². The molecule has 96 heavy (non-hydrogen) atoms. The van der Waals surface area contributed by atoms with E-state index in [1.165, 1.54) is 198 Å². The summed E-state index contributed by atoms with van der Waals surface area (Å²) in [6.45, 7) is 9.49. The predicted octanol–water partition coefficient (Wildman–Crippen LogP) is -27.4. The maximum absolute atomic E-state index is 7.39. The summed E-state index contributed by atoms with van der Waals surface area (Å²) < 4.78 is 0. The average molecular weight is 1210 g/mol. The van der Waals surface area contributed by atoms with Gasteiger partial charge >= 0.3 is 0 Å². The maximum Gasteiger partial charge on any atom is 0.149 e. The number of benzene rings is 4. The minimum absolute atomic E-state index is 0.0335. The van der Waals surface area contributed by atoms with Gasteiger partial charge in [-0.2, -0.15) is 0 Å². The number of hydrogen-bond donors (Lipinski definition) is 0. The van der Waals surface area contributed by atoms with Crippen LogP contribution in [0.2, 0.25) is 6.32 Å². The van der Waals surface area contributed by atoms with Crippen LogP contribution in [0.1, 0.15) is 42.5 Å². The van der Waals surface area contributed by atoms with E-state index in [0.717, 1.165) is 56.7 Å². The summed E-state index contributed by atoms with van der Waals surface area (Å²) in [5.41, 5.74) is 56.1. The maximum atomic E-state index is 7.39. The first-order chi connectivity index (χ1) is 45.0. The molecule has 0 saturated heterocycles. The topological polar surface area (TPSA) is 6.48 Å². The Balaban J connectivity index is 1.40. The van der Waals surface area contributed by atoms with Crippen LogP contribution in [0.25, 0.3) is 22.3 Å². The minimum atomic E-state index is -0.0491. The highest BCUT2D eigenvalue weighted by atomic mass is 15.2. The van der Waals surface area contributed by atoms with Crippen molar-refractivity contribution < 1.29 is 0 Å². The van der Waals surface area contributed by atoms with Gasteiger partial charge in [0.05, 0.1) is 5.70 Å². The Morgan fingerprint density at radius 1 is 0.510 bits per heavy atom. The van der Waals surface area contributed by atoms with Crippen molar-refractivity contribution in [2.75, 3.05) is 0 Å². The molecule has 2 atom stereocenters. The van der Waals surface area contributed by atoms with Crippen LogP contribution in [0.15, 0.2) is 162 Å². The lowest BCUT2D eigenvalue weighted by atomic mass is 9.59. The fraction of sp³-hybridized carbons (Fsp3) is 0.0909. The molecule has 0 N–H and O–H groups in total. The van der Waals surface area contributed by atoms with Crippen molar-refractivity contribution in [3.05, 3.63) is 184 Å². The fourth-order valence-corrected chi connectivity index (χ4v) is 16.7. The molecule has 0 aliphatic heterocycles. The number of rotatable bonds is 15. The summed E-state index contributed by atoms with van der Waals surface area (Å²) in [5.74, 6) is 6.47. The quantitative estimate of drug-likeness (QED) is 0.0665. The third-order valence-electron chi connectivity index (χ3n) is 24.7. The molecule has 5 aliphatic rings. The summed E-state index contributed by atoms with van der Waals surface area (Å²) in [7, 11) is 63.9. The number of allylic oxidation sites excluding steroid dienone is 27. The van der Waals surface area contributed by atoms with Crippen molar-refractivity contribution in [2.24, 2.45) is 11.8 Å². The van der Waals surface area contributed by atoms with Gasteiger partial charge in [0.25, 0.3) is 0 Å². The van der Waals surface area contributed by atoms with E-state index in [2.05, 4.69) is 316 Å². The molecule has 4 aromatic carbocycles. The SMILES string of the molecule is BC/C(=C(B)\C(B)=C(\B)C#C)N(C1=C2C=CC3=CC=C(N(C4=C(c5c(B)c(B)c(B)c(B)c5B)C=C(c5c(B)c(B)c(B)c(B)c5B)C4)/C(C(B)=C)=C(B)/C(B)=C(/B)C)C4=CC=C(C=C1)C2C34)/C(C#C)=C(/C=C(\C)c1c(B)c(B)c(B)c(B)c1B)c1c(B)c(B)c(B)c(B)c1B. The Kier molecular flexibility index (Phi) is 21.6. The van der Waals surface area contributed by atoms with Crippen LogP contribution in [0.5, 0.6) is 0 Å². The average Bonchev–Trinajstić information content (AvgIpc) is 0.990. The summed E-state index contributed by atoms with van der Waals surface area (Å²) in [4.78, 5) is 5.19. The third kappa shape index (κ3) is 12.1. The van der Waals surface area contributed by atoms with Gasteiger partial charge < -0.3 is 9.80 Å². The molecule has 9 rings (SSSR count). The van der Waals surface area contributed by atoms with E-state index < -0.39 is 0 Å². The highest BCUT2D eigenvalue weighted by Gasteiger charge is 2.45. The number of hydrogen-bond acceptors (Lipinski definition) is 2. The Hall–Kier alpha value is -6.74. The van der Waals surface area contributed by atoms with Crippen LogP contribution < -0.4 is 109 Å². The highest BCUT2D eigenvalue weighted by molar-refractivity contribution is 6.72. The van der Waals surface area contributed by atoms with E-state index in [1.807, 2.05) is 0 Å². The van der Waals surface area contributed by atoms with Gasteiger partial charge in [-0.1, -0.05) is 121 Å². The summed E-state index contributed by atoms with van der Waals surface area (Å²) in [5, 5.41) is 0. The second-order valence-electron chi connectivity index (χ2n) is 29.3. The monoisotopic (exact) mass is 1210 g/mol. The van der Waals surface area contributed by atoms with Crippen LogP contribution in [-0.4, -0.2) is 229 Å². The standard InChI is InChI=1S/C66H82B28N2/c1-6-30(70)43(72)44(73)35(19-67)95(31(7-2)28(40-49(78)57(86)63(92)58(87)50(40)79)16-20(3)36-45(74)53(82)61(90)54(83)46(36)75)32-14-10-23-9-13-27-33(15-11-24-8-12-26(32)37(23)38(24)27)96(66(22(5)69)65(94)42(71)21(4)68)34-18-25(39-47(76)55(84)62(91)56(85)48(39)77)17-29(34)41-51(80)59(88)64(93)60(89)52(41)81/h1-2,8-17,37-38H,5,18-19,67-94H2,3-4H3/b20-16+,31-28-,42-21-,43-30-,44-35-,66-65-. The molecule has 2 nitrogen and oxygen atoms in total. The van der Waals surface area contributed by atoms with E-state index in [0.29, 0.717) is 6.32 Å². The van der Waals surface area contributed by atoms with Crippen LogP contribution in [0, 0.1) is 36.5 Å². The van der Waals surface area contributed by atoms with Crippen LogP contribution in [0.4, 0.5) is 0 Å². The molecule has 0 heterocycles. The van der Waals surface area contributed by atoms with Crippen molar-refractivity contribution in [1.82, 2.24) is 9.80 Å². The third-order valence-corrected chi connectivity index (χ3v) is 24.7. The summed E-state index contributed by atoms with van der Waals surface area (Å²) >= 11 is 0. The predicted molar refractivity (Wildman–Crippen MR) is 511 cm³/mol. The number of nitrogens with zero attached hydrogens (tertiary/aromatic N) is 2. The Morgan fingerprint density at radius 2 is 0.958 bits per heavy atom. The lowest BCUT2D eigenvalue weighted by Crippen LogP contribution is -2.56. The molecular formula is C66H82B28N2. The molecule has 0 fully saturated rings. The van der Waals surface area contributed by atoms with Crippen molar-refractivity contribution in [3.8, 4) is 24.7 Å². The molecule has 0 bridgehead atoms. The van der Waals surface area contributed by atoms with Crippen molar-refractivity contribution in [3.63, 3.8) is 0 Å². The lowest BCUT2D eigenvalue weighted by molar-refractivity contribution is 0.472. The van der Waals surface area contributed by atoms with Gasteiger partial charge in [-0.3, -0.25) is 0 Å². The van der Waals surface area contributed by atoms with Gasteiger partial charge in [0.1, 0.15) is 225 Å². The first-order valence-corrected chi connectivity index (χ1v) is 35.1. The van der Waals surface area contributed by atoms with Gasteiger partial charge in [0.15, 0.2) is 0 Å². The molecule has 0 spiro atoms. The van der Waals surface area contributed by atoms with E-state index in [4.69, 9.17) is 19.4 Å². The molecule has 0 radical (unpaired) electrons. The fourth-order valence-electron chi connectivity index (χ4n) is 16.7. The van der Waals surface area contributed by atoms with E-state index in [-0.39, 0.29) is 11.8 Å². The smallest absolute Gasteiger partial charge is 0.149 e. The van der Waals surface area contributed by atoms with Crippen LogP contribution in [-0.2, 0) is 0 Å². The molecule has 4 aromatic rings. The first-order valence-electron chi connectivity index (χ1n) is 35.1. The van der Waals surface area contributed by atoms with E-state index in [1.54, 1.807) is 0 Å². The first kappa shape index (κ1) is 73.5. The van der Waals surface area contributed by atoms with Gasteiger partial charge in [0.2, 0.25) is 0 Å². The summed E-state index contributed by atoms with van der Waals surface area (Å²) in [6.07, 6.45) is 39.5. The Morgan fingerprint density at radius 3 is 1.43 bits per heavy atom. The normalized spacial score (nSPS) is 17.6. The molecule has 0 saturated carbocycles. The molecule has 2 unspecified atom stereocenters. The Labute approximate surface area is 604 Å². The Bertz CT molecular complexity index is 4740. The molecule has 30 heteroatoms. The van der Waals surface area contributed by atoms with Crippen molar-refractivity contribution >= 4 is 351 Å². The van der Waals surface area contributed by atoms with Crippen LogP contribution in [0.3, 0.4) is 0 Å². The molecular weight excluding hydrogens is 1120 g/mol. The highest BCUT2D eigenvalue weighted by Crippen LogP contribution is 2.55. The zero-order valence-corrected chi connectivity index (χ0v) is 64.6. The summed E-state index contributed by atoms with van der Waals surface area (Å²) in [6, 6.07) is 0. The number of terminal acetylenes is 2. The molecule has 5 aliphatic carbocycles. The van der Waals surface area contributed by atoms with E-state index >= 15 is 0 Å². The molecule has 440 valence electrons. The van der Waals surface area contributed by atoms with Gasteiger partial charge in [-0.15, -0.1) is 95.9 Å². The minimum Gasteiger partial charge on any atom is -0.314 e. The molecule has 0 amide bonds. The lowest BCUT2D eigenvalue weighted by Gasteiger charge is -2.46. The van der Waals surface area contributed by atoms with E-state index in [9.17, 15) is 0 Å². The second kappa shape index (κ2) is 28.2. The van der Waals surface area contributed by atoms with Crippen molar-refractivity contribution in [1.29, 1.82) is 0 Å². The van der Waals surface area contributed by atoms with Gasteiger partial charge in [-0.25, -0.2) is 0 Å². The zero-order valence-electron chi connectivity index (χ0n) is 64.6. The second-order valence-corrected chi connectivity index (χ2v) is 29.3. The largest absolute Gasteiger partial charge is 0.314 e. The van der Waals surface area contributed by atoms with Gasteiger partial charge in [0, 0.05) is 52.2 Å². The van der Waals surface area contributed by atoms with Crippen LogP contribution >= 0.6 is 0 Å². The zero-order chi connectivity index (χ0) is 71.2.